The molecular formula is C13H17NO4. The van der Waals surface area contributed by atoms with Gasteiger partial charge in [0, 0.05) is 6.61 Å². The van der Waals surface area contributed by atoms with Crippen molar-refractivity contribution in [3.05, 3.63) is 23.3 Å². The van der Waals surface area contributed by atoms with Gasteiger partial charge in [0.15, 0.2) is 0 Å². The molecule has 0 bridgehead atoms. The van der Waals surface area contributed by atoms with E-state index in [1.54, 1.807) is 6.07 Å². The average Bonchev–Trinajstić information content (AvgIpc) is 2.82. The molecule has 1 saturated heterocycles. The lowest BCUT2D eigenvalue weighted by molar-refractivity contribution is 0.0675. The van der Waals surface area contributed by atoms with E-state index in [1.165, 1.54) is 6.07 Å². The molecule has 0 amide bonds. The third kappa shape index (κ3) is 2.73. The van der Waals surface area contributed by atoms with Gasteiger partial charge in [0.25, 0.3) is 0 Å². The first kappa shape index (κ1) is 12.7. The summed E-state index contributed by atoms with van der Waals surface area (Å²) in [6.07, 6.45) is 2.09. The zero-order valence-corrected chi connectivity index (χ0v) is 10.3. The fourth-order valence-electron chi connectivity index (χ4n) is 2.02. The summed E-state index contributed by atoms with van der Waals surface area (Å²) in [5, 5.41) is 9.03. The lowest BCUT2D eigenvalue weighted by Crippen LogP contribution is -2.17. The van der Waals surface area contributed by atoms with Gasteiger partial charge in [-0.3, -0.25) is 0 Å². The van der Waals surface area contributed by atoms with E-state index in [4.69, 9.17) is 20.3 Å². The van der Waals surface area contributed by atoms with E-state index in [9.17, 15) is 4.79 Å². The topological polar surface area (TPSA) is 81.8 Å². The molecule has 0 aliphatic carbocycles. The summed E-state index contributed by atoms with van der Waals surface area (Å²) in [6, 6.07) is 3.29. The molecule has 0 spiro atoms. The van der Waals surface area contributed by atoms with E-state index >= 15 is 0 Å². The number of carboxylic acid groups (broad SMARTS) is 1. The average molecular weight is 251 g/mol. The number of benzene rings is 1. The van der Waals surface area contributed by atoms with Gasteiger partial charge in [-0.05, 0) is 37.5 Å². The minimum absolute atomic E-state index is 0.0809. The maximum atomic E-state index is 11.0. The Morgan fingerprint density at radius 2 is 2.39 bits per heavy atom. The normalized spacial score (nSPS) is 18.8. The van der Waals surface area contributed by atoms with Crippen molar-refractivity contribution < 1.29 is 19.4 Å². The maximum absolute atomic E-state index is 11.0. The standard InChI is InChI=1S/C13H17NO4/c1-8-5-10(13(15)16)12(14)11(6-8)18-7-9-3-2-4-17-9/h5-6,9H,2-4,7,14H2,1H3,(H,15,16). The Hall–Kier alpha value is -1.75. The van der Waals surface area contributed by atoms with Crippen LogP contribution in [0.25, 0.3) is 0 Å². The first-order chi connectivity index (χ1) is 8.58. The Balaban J connectivity index is 2.13. The summed E-state index contributed by atoms with van der Waals surface area (Å²) >= 11 is 0. The molecule has 1 unspecified atom stereocenters. The smallest absolute Gasteiger partial charge is 0.337 e. The van der Waals surface area contributed by atoms with Crippen molar-refractivity contribution in [2.45, 2.75) is 25.9 Å². The Bertz CT molecular complexity index is 453. The number of nitrogens with two attached hydrogens (primary N) is 1. The minimum Gasteiger partial charge on any atom is -0.489 e. The fraction of sp³-hybridized carbons (Fsp3) is 0.462. The van der Waals surface area contributed by atoms with Gasteiger partial charge in [-0.15, -0.1) is 0 Å². The summed E-state index contributed by atoms with van der Waals surface area (Å²) in [7, 11) is 0. The molecule has 1 atom stereocenters. The van der Waals surface area contributed by atoms with Gasteiger partial charge in [0.05, 0.1) is 17.4 Å². The molecule has 0 aromatic heterocycles. The van der Waals surface area contributed by atoms with Crippen molar-refractivity contribution in [1.82, 2.24) is 0 Å². The van der Waals surface area contributed by atoms with Crippen molar-refractivity contribution in [3.63, 3.8) is 0 Å². The number of carbonyl (C=O) groups is 1. The number of ether oxygens (including phenoxy) is 2. The molecule has 1 aliphatic heterocycles. The van der Waals surface area contributed by atoms with Gasteiger partial charge in [-0.1, -0.05) is 0 Å². The number of hydrogen-bond donors (Lipinski definition) is 2. The van der Waals surface area contributed by atoms with Gasteiger partial charge < -0.3 is 20.3 Å². The Kier molecular flexibility index (Phi) is 3.72. The van der Waals surface area contributed by atoms with Crippen LogP contribution in [0.5, 0.6) is 5.75 Å². The number of aromatic carboxylic acids is 1. The minimum atomic E-state index is -1.04. The second-order valence-corrected chi connectivity index (χ2v) is 4.48. The zero-order chi connectivity index (χ0) is 13.1. The first-order valence-corrected chi connectivity index (χ1v) is 5.95. The van der Waals surface area contributed by atoms with Crippen LogP contribution in [0, 0.1) is 6.92 Å². The number of aryl methyl sites for hydroxylation is 1. The van der Waals surface area contributed by atoms with Crippen molar-refractivity contribution in [2.75, 3.05) is 18.9 Å². The van der Waals surface area contributed by atoms with Gasteiger partial charge in [0.2, 0.25) is 0 Å². The summed E-state index contributed by atoms with van der Waals surface area (Å²) < 4.78 is 11.0. The molecule has 1 aromatic carbocycles. The summed E-state index contributed by atoms with van der Waals surface area (Å²) in [5.41, 5.74) is 6.85. The highest BCUT2D eigenvalue weighted by atomic mass is 16.5. The predicted octanol–water partition coefficient (Wildman–Crippen LogP) is 1.83. The molecule has 5 heteroatoms. The highest BCUT2D eigenvalue weighted by Crippen LogP contribution is 2.28. The van der Waals surface area contributed by atoms with E-state index in [-0.39, 0.29) is 17.4 Å². The van der Waals surface area contributed by atoms with Crippen molar-refractivity contribution in [3.8, 4) is 5.75 Å². The van der Waals surface area contributed by atoms with Crippen LogP contribution in [0.2, 0.25) is 0 Å². The van der Waals surface area contributed by atoms with E-state index in [2.05, 4.69) is 0 Å². The van der Waals surface area contributed by atoms with Crippen LogP contribution in [-0.2, 0) is 4.74 Å². The van der Waals surface area contributed by atoms with Gasteiger partial charge >= 0.3 is 5.97 Å². The molecule has 1 aliphatic rings. The number of rotatable bonds is 4. The molecule has 3 N–H and O–H groups in total. The van der Waals surface area contributed by atoms with Crippen LogP contribution >= 0.6 is 0 Å². The molecule has 5 nitrogen and oxygen atoms in total. The molecule has 98 valence electrons. The van der Waals surface area contributed by atoms with Crippen LogP contribution in [-0.4, -0.2) is 30.4 Å². The number of carboxylic acids is 1. The molecule has 18 heavy (non-hydrogen) atoms. The highest BCUT2D eigenvalue weighted by molar-refractivity contribution is 5.95. The number of nitrogen functional groups attached to an aromatic ring is 1. The monoisotopic (exact) mass is 251 g/mol. The molecule has 1 heterocycles. The second kappa shape index (κ2) is 5.27. The van der Waals surface area contributed by atoms with Gasteiger partial charge in [-0.25, -0.2) is 4.79 Å². The Morgan fingerprint density at radius 3 is 3.00 bits per heavy atom. The summed E-state index contributed by atoms with van der Waals surface area (Å²) in [5.74, 6) is -0.624. The fourth-order valence-corrected chi connectivity index (χ4v) is 2.02. The SMILES string of the molecule is Cc1cc(OCC2CCCO2)c(N)c(C(=O)O)c1. The van der Waals surface area contributed by atoms with Crippen LogP contribution in [0.4, 0.5) is 5.69 Å². The van der Waals surface area contributed by atoms with E-state index in [0.717, 1.165) is 25.0 Å². The molecule has 0 radical (unpaired) electrons. The Morgan fingerprint density at radius 1 is 1.61 bits per heavy atom. The third-order valence-corrected chi connectivity index (χ3v) is 2.97. The molecule has 1 fully saturated rings. The lowest BCUT2D eigenvalue weighted by Gasteiger charge is -2.14. The lowest BCUT2D eigenvalue weighted by atomic mass is 10.1. The van der Waals surface area contributed by atoms with Crippen LogP contribution < -0.4 is 10.5 Å². The quantitative estimate of drug-likeness (QED) is 0.798. The summed E-state index contributed by atoms with van der Waals surface area (Å²) in [4.78, 5) is 11.0. The van der Waals surface area contributed by atoms with Crippen LogP contribution in [0.3, 0.4) is 0 Å². The predicted molar refractivity (Wildman–Crippen MR) is 67.0 cm³/mol. The van der Waals surface area contributed by atoms with E-state index in [1.807, 2.05) is 6.92 Å². The summed E-state index contributed by atoms with van der Waals surface area (Å²) in [6.45, 7) is 2.98. The van der Waals surface area contributed by atoms with Crippen LogP contribution in [0.1, 0.15) is 28.8 Å². The largest absolute Gasteiger partial charge is 0.489 e. The molecule has 0 saturated carbocycles. The van der Waals surface area contributed by atoms with E-state index < -0.39 is 5.97 Å². The number of hydrogen-bond acceptors (Lipinski definition) is 4. The molecule has 2 rings (SSSR count). The zero-order valence-electron chi connectivity index (χ0n) is 10.3. The first-order valence-electron chi connectivity index (χ1n) is 5.95. The third-order valence-electron chi connectivity index (χ3n) is 2.97. The van der Waals surface area contributed by atoms with Gasteiger partial charge in [0.1, 0.15) is 12.4 Å². The van der Waals surface area contributed by atoms with Crippen molar-refractivity contribution in [2.24, 2.45) is 0 Å². The van der Waals surface area contributed by atoms with Gasteiger partial charge in [-0.2, -0.15) is 0 Å². The second-order valence-electron chi connectivity index (χ2n) is 4.48. The Labute approximate surface area is 106 Å². The van der Waals surface area contributed by atoms with Crippen molar-refractivity contribution >= 4 is 11.7 Å². The van der Waals surface area contributed by atoms with E-state index in [0.29, 0.717) is 12.4 Å². The highest BCUT2D eigenvalue weighted by Gasteiger charge is 2.18. The van der Waals surface area contributed by atoms with Crippen LogP contribution in [0.15, 0.2) is 12.1 Å². The number of anilines is 1. The molecular weight excluding hydrogens is 234 g/mol. The van der Waals surface area contributed by atoms with Crippen molar-refractivity contribution in [1.29, 1.82) is 0 Å². The maximum Gasteiger partial charge on any atom is 0.337 e. The molecule has 1 aromatic rings.